The lowest BCUT2D eigenvalue weighted by molar-refractivity contribution is 0.0632. The van der Waals surface area contributed by atoms with Crippen LogP contribution in [0.15, 0.2) is 5.38 Å². The summed E-state index contributed by atoms with van der Waals surface area (Å²) in [6.07, 6.45) is 6.46. The SMILES string of the molecule is CCNC(Cc1csc(C)n1)C1(N(CC)CC)CCCC1. The van der Waals surface area contributed by atoms with Crippen LogP contribution in [0.1, 0.15) is 57.2 Å². The largest absolute Gasteiger partial charge is 0.312 e. The van der Waals surface area contributed by atoms with Crippen molar-refractivity contribution in [1.82, 2.24) is 15.2 Å². The Kier molecular flexibility index (Phi) is 6.20. The molecule has 1 aliphatic rings. The van der Waals surface area contributed by atoms with Crippen LogP contribution in [0.4, 0.5) is 0 Å². The quantitative estimate of drug-likeness (QED) is 0.795. The number of hydrogen-bond acceptors (Lipinski definition) is 4. The molecule has 1 aliphatic carbocycles. The highest BCUT2D eigenvalue weighted by Crippen LogP contribution is 2.39. The molecule has 1 N–H and O–H groups in total. The Morgan fingerprint density at radius 1 is 1.29 bits per heavy atom. The summed E-state index contributed by atoms with van der Waals surface area (Å²) in [6, 6.07) is 0.520. The first-order chi connectivity index (χ1) is 10.2. The third kappa shape index (κ3) is 3.66. The summed E-state index contributed by atoms with van der Waals surface area (Å²) in [5.74, 6) is 0. The minimum Gasteiger partial charge on any atom is -0.312 e. The highest BCUT2D eigenvalue weighted by molar-refractivity contribution is 7.09. The normalized spacial score (nSPS) is 19.3. The fraction of sp³-hybridized carbons (Fsp3) is 0.824. The van der Waals surface area contributed by atoms with Crippen molar-refractivity contribution < 1.29 is 0 Å². The third-order valence-corrected chi connectivity index (χ3v) is 5.86. The Labute approximate surface area is 134 Å². The van der Waals surface area contributed by atoms with Gasteiger partial charge in [-0.05, 0) is 39.4 Å². The maximum Gasteiger partial charge on any atom is 0.0897 e. The molecule has 0 amide bonds. The summed E-state index contributed by atoms with van der Waals surface area (Å²) < 4.78 is 0. The van der Waals surface area contributed by atoms with Crippen LogP contribution < -0.4 is 5.32 Å². The van der Waals surface area contributed by atoms with Crippen molar-refractivity contribution in [1.29, 1.82) is 0 Å². The Morgan fingerprint density at radius 3 is 2.43 bits per heavy atom. The van der Waals surface area contributed by atoms with Crippen molar-refractivity contribution >= 4 is 11.3 Å². The average Bonchev–Trinajstić information content (AvgIpc) is 3.10. The van der Waals surface area contributed by atoms with Crippen molar-refractivity contribution in [2.24, 2.45) is 0 Å². The summed E-state index contributed by atoms with van der Waals surface area (Å²) in [7, 11) is 0. The second kappa shape index (κ2) is 7.70. The average molecular weight is 310 g/mol. The summed E-state index contributed by atoms with van der Waals surface area (Å²) in [5, 5.41) is 7.22. The molecule has 1 atom stereocenters. The van der Waals surface area contributed by atoms with Gasteiger partial charge in [-0.2, -0.15) is 0 Å². The molecule has 1 aromatic rings. The number of thiazole rings is 1. The summed E-state index contributed by atoms with van der Waals surface area (Å²) in [4.78, 5) is 7.41. The fourth-order valence-electron chi connectivity index (χ4n) is 4.14. The molecule has 1 heterocycles. The van der Waals surface area contributed by atoms with Gasteiger partial charge in [0.2, 0.25) is 0 Å². The van der Waals surface area contributed by atoms with E-state index in [0.717, 1.165) is 26.1 Å². The first-order valence-corrected chi connectivity index (χ1v) is 9.43. The Hall–Kier alpha value is -0.450. The minimum atomic E-state index is 0.330. The minimum absolute atomic E-state index is 0.330. The lowest BCUT2D eigenvalue weighted by Gasteiger charge is -2.46. The molecule has 0 bridgehead atoms. The third-order valence-electron chi connectivity index (χ3n) is 5.04. The van der Waals surface area contributed by atoms with Gasteiger partial charge in [0.15, 0.2) is 0 Å². The Morgan fingerprint density at radius 2 is 1.95 bits per heavy atom. The van der Waals surface area contributed by atoms with Crippen LogP contribution in [0, 0.1) is 6.92 Å². The fourth-order valence-corrected chi connectivity index (χ4v) is 4.76. The molecule has 0 saturated heterocycles. The monoisotopic (exact) mass is 309 g/mol. The van der Waals surface area contributed by atoms with Crippen LogP contribution in [-0.2, 0) is 6.42 Å². The topological polar surface area (TPSA) is 28.2 Å². The smallest absolute Gasteiger partial charge is 0.0897 e. The molecule has 1 saturated carbocycles. The van der Waals surface area contributed by atoms with Gasteiger partial charge in [0.1, 0.15) is 0 Å². The summed E-state index contributed by atoms with van der Waals surface area (Å²) in [6.45, 7) is 12.3. The van der Waals surface area contributed by atoms with Gasteiger partial charge in [0.05, 0.1) is 10.7 Å². The molecule has 0 aliphatic heterocycles. The van der Waals surface area contributed by atoms with E-state index in [0.29, 0.717) is 11.6 Å². The first-order valence-electron chi connectivity index (χ1n) is 8.55. The van der Waals surface area contributed by atoms with Gasteiger partial charge in [-0.1, -0.05) is 33.6 Å². The molecule has 0 radical (unpaired) electrons. The standard InChI is InChI=1S/C17H31N3S/c1-5-18-16(12-15-13-21-14(4)19-15)17(10-8-9-11-17)20(6-2)7-3/h13,16,18H,5-12H2,1-4H3. The molecular formula is C17H31N3S. The van der Waals surface area contributed by atoms with E-state index in [-0.39, 0.29) is 0 Å². The van der Waals surface area contributed by atoms with Gasteiger partial charge in [0.25, 0.3) is 0 Å². The lowest BCUT2D eigenvalue weighted by Crippen LogP contribution is -2.60. The maximum absolute atomic E-state index is 4.71. The number of aryl methyl sites for hydroxylation is 1. The van der Waals surface area contributed by atoms with E-state index >= 15 is 0 Å². The van der Waals surface area contributed by atoms with Crippen molar-refractivity contribution in [2.45, 2.75) is 71.4 Å². The van der Waals surface area contributed by atoms with Gasteiger partial charge in [0, 0.05) is 23.4 Å². The van der Waals surface area contributed by atoms with Gasteiger partial charge >= 0.3 is 0 Å². The highest BCUT2D eigenvalue weighted by atomic mass is 32.1. The molecule has 120 valence electrons. The van der Waals surface area contributed by atoms with Crippen molar-refractivity contribution in [3.63, 3.8) is 0 Å². The first kappa shape index (κ1) is 16.9. The number of aromatic nitrogens is 1. The zero-order valence-electron chi connectivity index (χ0n) is 14.1. The molecule has 0 aromatic carbocycles. The van der Waals surface area contributed by atoms with E-state index in [1.807, 2.05) is 0 Å². The highest BCUT2D eigenvalue weighted by Gasteiger charge is 2.44. The van der Waals surface area contributed by atoms with Crippen LogP contribution >= 0.6 is 11.3 Å². The lowest BCUT2D eigenvalue weighted by atomic mass is 9.83. The van der Waals surface area contributed by atoms with Crippen molar-refractivity contribution in [3.8, 4) is 0 Å². The molecule has 3 nitrogen and oxygen atoms in total. The number of hydrogen-bond donors (Lipinski definition) is 1. The van der Waals surface area contributed by atoms with Crippen molar-refractivity contribution in [3.05, 3.63) is 16.1 Å². The molecular weight excluding hydrogens is 278 g/mol. The summed E-state index contributed by atoms with van der Waals surface area (Å²) in [5.41, 5.74) is 1.60. The van der Waals surface area contributed by atoms with Crippen LogP contribution in [0.3, 0.4) is 0 Å². The zero-order valence-corrected chi connectivity index (χ0v) is 14.9. The van der Waals surface area contributed by atoms with E-state index in [1.165, 1.54) is 36.4 Å². The van der Waals surface area contributed by atoms with Gasteiger partial charge in [-0.15, -0.1) is 11.3 Å². The zero-order chi connectivity index (χ0) is 15.3. The summed E-state index contributed by atoms with van der Waals surface area (Å²) >= 11 is 1.77. The van der Waals surface area contributed by atoms with Crippen LogP contribution in [-0.4, -0.2) is 41.1 Å². The van der Waals surface area contributed by atoms with Crippen LogP contribution in [0.25, 0.3) is 0 Å². The number of nitrogens with zero attached hydrogens (tertiary/aromatic N) is 2. The number of nitrogens with one attached hydrogen (secondary N) is 1. The van der Waals surface area contributed by atoms with Crippen molar-refractivity contribution in [2.75, 3.05) is 19.6 Å². The van der Waals surface area contributed by atoms with Gasteiger partial charge in [-0.25, -0.2) is 4.98 Å². The van der Waals surface area contributed by atoms with E-state index in [2.05, 4.69) is 43.3 Å². The molecule has 1 unspecified atom stereocenters. The predicted molar refractivity (Wildman–Crippen MR) is 92.1 cm³/mol. The second-order valence-corrected chi connectivity index (χ2v) is 7.22. The molecule has 4 heteroatoms. The molecule has 1 aromatic heterocycles. The number of likely N-dealkylation sites (N-methyl/N-ethyl adjacent to an activating group) is 2. The second-order valence-electron chi connectivity index (χ2n) is 6.16. The van der Waals surface area contributed by atoms with Crippen LogP contribution in [0.2, 0.25) is 0 Å². The predicted octanol–water partition coefficient (Wildman–Crippen LogP) is 3.63. The van der Waals surface area contributed by atoms with E-state index in [4.69, 9.17) is 4.98 Å². The van der Waals surface area contributed by atoms with E-state index in [1.54, 1.807) is 11.3 Å². The van der Waals surface area contributed by atoms with Crippen LogP contribution in [0.5, 0.6) is 0 Å². The molecule has 0 spiro atoms. The van der Waals surface area contributed by atoms with Gasteiger partial charge in [-0.3, -0.25) is 4.90 Å². The molecule has 1 fully saturated rings. The van der Waals surface area contributed by atoms with E-state index < -0.39 is 0 Å². The Balaban J connectivity index is 2.23. The Bertz CT molecular complexity index is 419. The maximum atomic E-state index is 4.71. The van der Waals surface area contributed by atoms with E-state index in [9.17, 15) is 0 Å². The molecule has 2 rings (SSSR count). The number of rotatable bonds is 8. The molecule has 21 heavy (non-hydrogen) atoms. The van der Waals surface area contributed by atoms with Gasteiger partial charge < -0.3 is 5.32 Å².